The van der Waals surface area contributed by atoms with Gasteiger partial charge in [0.15, 0.2) is 12.1 Å². The number of aliphatic hydroxyl groups is 1. The van der Waals surface area contributed by atoms with Crippen molar-refractivity contribution in [3.8, 4) is 11.3 Å². The molecule has 53 heavy (non-hydrogen) atoms. The maximum absolute atomic E-state index is 13.4. The minimum Gasteiger partial charge on any atom is -0.462 e. The van der Waals surface area contributed by atoms with E-state index < -0.39 is 36.8 Å². The molecular formula is C41H62N4O8. The third-order valence-corrected chi connectivity index (χ3v) is 10.6. The summed E-state index contributed by atoms with van der Waals surface area (Å²) in [6.07, 6.45) is 7.53. The summed E-state index contributed by atoms with van der Waals surface area (Å²) in [4.78, 5) is 28.8. The topological polar surface area (TPSA) is 134 Å². The number of benzene rings is 1. The highest BCUT2D eigenvalue weighted by Crippen LogP contribution is 2.30. The quantitative estimate of drug-likeness (QED) is 0.271. The Kier molecular flexibility index (Phi) is 16.2. The van der Waals surface area contributed by atoms with Gasteiger partial charge in [0.25, 0.3) is 0 Å². The summed E-state index contributed by atoms with van der Waals surface area (Å²) in [5.41, 5.74) is 3.82. The minimum absolute atomic E-state index is 0.0784. The number of ether oxygens (including phenoxy) is 5. The largest absolute Gasteiger partial charge is 0.462 e. The van der Waals surface area contributed by atoms with Crippen LogP contribution in [0.2, 0.25) is 0 Å². The number of nitrogens with zero attached hydrogens (tertiary/aromatic N) is 4. The molecule has 12 heteroatoms. The molecule has 0 bridgehead atoms. The summed E-state index contributed by atoms with van der Waals surface area (Å²) in [6, 6.07) is 8.25. The Morgan fingerprint density at radius 3 is 2.40 bits per heavy atom. The number of rotatable bonds is 11. The van der Waals surface area contributed by atoms with Gasteiger partial charge >= 0.3 is 5.97 Å². The fourth-order valence-electron chi connectivity index (χ4n) is 7.36. The maximum Gasteiger partial charge on any atom is 0.306 e. The second kappa shape index (κ2) is 20.3. The third-order valence-electron chi connectivity index (χ3n) is 10.6. The normalized spacial score (nSPS) is 32.5. The lowest BCUT2D eigenvalue weighted by atomic mass is 9.83. The first-order chi connectivity index (χ1) is 25.3. The van der Waals surface area contributed by atoms with Crippen LogP contribution in [0.25, 0.3) is 11.3 Å². The first-order valence-corrected chi connectivity index (χ1v) is 19.1. The molecule has 3 heterocycles. The lowest BCUT2D eigenvalue weighted by Gasteiger charge is -2.42. The van der Waals surface area contributed by atoms with Crippen molar-refractivity contribution in [3.05, 3.63) is 54.3 Å². The molecule has 0 spiro atoms. The standard InChI is InChI=1S/C41H62N4O8/c1-10-36-32(25-51-41-40(50-9)39(49-8)38(48)29(5)52-41)22-27(3)11-17-35(46)28(4)23-30(21-26(2)12-18-37(47)53-36)19-20-45-24-34(42-43-45)31-13-15-33(16-14-31)44(6)7/h11,13-17,22,24,26,28-30,32,36,38-41,48H,10,12,18-21,23,25H2,1-9H3/b17-11+,27-22+/t26-,28+,29?,30+,32+,36+,38+,39-,40?,41+/m0/s1. The maximum atomic E-state index is 13.4. The predicted octanol–water partition coefficient (Wildman–Crippen LogP) is 6.03. The molecule has 0 radical (unpaired) electrons. The number of aryl methyl sites for hydroxylation is 1. The number of methoxy groups -OCH3 is 2. The summed E-state index contributed by atoms with van der Waals surface area (Å²) in [7, 11) is 7.08. The number of allylic oxidation sites excluding steroid dienone is 3. The number of esters is 1. The number of hydrogen-bond donors (Lipinski definition) is 1. The van der Waals surface area contributed by atoms with E-state index in [4.69, 9.17) is 23.7 Å². The van der Waals surface area contributed by atoms with Crippen molar-refractivity contribution in [2.24, 2.45) is 23.7 Å². The summed E-state index contributed by atoms with van der Waals surface area (Å²) >= 11 is 0. The van der Waals surface area contributed by atoms with Crippen LogP contribution >= 0.6 is 0 Å². The SMILES string of the molecule is CC[C@H]1OC(=O)CC[C@H](C)C[C@@H](CCn2cc(-c3ccc(N(C)C)cc3)nn2)C[C@@H](C)C(=O)/C=C/C(C)=C/[C@@H]1CO[C@@H]1OC(C)[C@@H](O)[C@H](OC)C1OC. The second-order valence-corrected chi connectivity index (χ2v) is 15.2. The van der Waals surface area contributed by atoms with E-state index in [2.05, 4.69) is 46.4 Å². The second-order valence-electron chi connectivity index (χ2n) is 15.2. The van der Waals surface area contributed by atoms with E-state index in [-0.39, 0.29) is 42.0 Å². The van der Waals surface area contributed by atoms with Gasteiger partial charge in [-0.1, -0.05) is 55.8 Å². The molecule has 2 unspecified atom stereocenters. The number of aliphatic hydroxyl groups excluding tert-OH is 1. The van der Waals surface area contributed by atoms with Crippen molar-refractivity contribution < 1.29 is 38.4 Å². The molecule has 1 N–H and O–H groups in total. The molecule has 1 aromatic heterocycles. The van der Waals surface area contributed by atoms with E-state index in [1.807, 2.05) is 57.9 Å². The average molecular weight is 739 g/mol. The Morgan fingerprint density at radius 2 is 1.74 bits per heavy atom. The van der Waals surface area contributed by atoms with Gasteiger partial charge in [0, 0.05) is 64.4 Å². The van der Waals surface area contributed by atoms with Crippen LogP contribution in [-0.4, -0.2) is 104 Å². The van der Waals surface area contributed by atoms with Gasteiger partial charge in [-0.05, 0) is 76.0 Å². The van der Waals surface area contributed by atoms with E-state index >= 15 is 0 Å². The molecule has 2 aliphatic rings. The highest BCUT2D eigenvalue weighted by Gasteiger charge is 2.45. The van der Waals surface area contributed by atoms with Crippen molar-refractivity contribution in [3.63, 3.8) is 0 Å². The van der Waals surface area contributed by atoms with Crippen molar-refractivity contribution >= 4 is 17.4 Å². The van der Waals surface area contributed by atoms with Crippen molar-refractivity contribution in [2.75, 3.05) is 39.8 Å². The summed E-state index contributed by atoms with van der Waals surface area (Å²) in [5.74, 6) is -0.143. The molecule has 1 fully saturated rings. The van der Waals surface area contributed by atoms with E-state index in [0.29, 0.717) is 25.8 Å². The molecule has 0 aliphatic carbocycles. The Labute approximate surface area is 315 Å². The zero-order valence-corrected chi connectivity index (χ0v) is 33.1. The van der Waals surface area contributed by atoms with E-state index in [0.717, 1.165) is 41.8 Å². The van der Waals surface area contributed by atoms with Crippen molar-refractivity contribution in [1.29, 1.82) is 0 Å². The van der Waals surface area contributed by atoms with Gasteiger partial charge in [-0.15, -0.1) is 5.10 Å². The molecule has 1 saturated heterocycles. The predicted molar refractivity (Wildman–Crippen MR) is 204 cm³/mol. The number of anilines is 1. The number of carbonyl (C=O) groups is 2. The van der Waals surface area contributed by atoms with Gasteiger partial charge in [0.1, 0.15) is 30.1 Å². The van der Waals surface area contributed by atoms with E-state index in [1.165, 1.54) is 14.2 Å². The zero-order valence-electron chi connectivity index (χ0n) is 33.1. The van der Waals surface area contributed by atoms with Gasteiger partial charge in [-0.3, -0.25) is 14.3 Å². The molecule has 0 amide bonds. The Morgan fingerprint density at radius 1 is 1.02 bits per heavy atom. The van der Waals surface area contributed by atoms with Crippen LogP contribution in [0, 0.1) is 23.7 Å². The van der Waals surface area contributed by atoms with Crippen LogP contribution in [0.3, 0.4) is 0 Å². The van der Waals surface area contributed by atoms with E-state index in [9.17, 15) is 14.7 Å². The number of cyclic esters (lactones) is 1. The van der Waals surface area contributed by atoms with Crippen LogP contribution in [0.15, 0.2) is 54.3 Å². The molecule has 10 atom stereocenters. The average Bonchev–Trinajstić information content (AvgIpc) is 3.62. The summed E-state index contributed by atoms with van der Waals surface area (Å²) in [5, 5.41) is 19.4. The molecule has 2 aliphatic heterocycles. The lowest BCUT2D eigenvalue weighted by molar-refractivity contribution is -0.304. The summed E-state index contributed by atoms with van der Waals surface area (Å²) in [6.45, 7) is 10.7. The van der Waals surface area contributed by atoms with Gasteiger partial charge in [0.05, 0.1) is 18.9 Å². The Hall–Kier alpha value is -3.42. The number of ketones is 1. The molecule has 294 valence electrons. The van der Waals surface area contributed by atoms with Crippen molar-refractivity contribution in [1.82, 2.24) is 15.0 Å². The number of hydrogen-bond acceptors (Lipinski definition) is 11. The molecule has 2 aromatic rings. The van der Waals surface area contributed by atoms with Gasteiger partial charge in [-0.25, -0.2) is 0 Å². The van der Waals surface area contributed by atoms with E-state index in [1.54, 1.807) is 13.0 Å². The smallest absolute Gasteiger partial charge is 0.306 e. The molecule has 12 nitrogen and oxygen atoms in total. The Balaban J connectivity index is 1.46. The van der Waals surface area contributed by atoms with Crippen LogP contribution in [0.4, 0.5) is 5.69 Å². The molecule has 4 rings (SSSR count). The molecule has 1 aromatic carbocycles. The van der Waals surface area contributed by atoms with Crippen LogP contribution in [0.1, 0.15) is 73.1 Å². The lowest BCUT2D eigenvalue weighted by Crippen LogP contribution is -2.59. The Bertz CT molecular complexity index is 1510. The zero-order chi connectivity index (χ0) is 38.7. The van der Waals surface area contributed by atoms with Crippen LogP contribution in [0.5, 0.6) is 0 Å². The highest BCUT2D eigenvalue weighted by atomic mass is 16.7. The number of aromatic nitrogens is 3. The van der Waals surface area contributed by atoms with Crippen molar-refractivity contribution in [2.45, 2.75) is 116 Å². The molecule has 0 saturated carbocycles. The van der Waals surface area contributed by atoms with Gasteiger partial charge in [-0.2, -0.15) is 0 Å². The van der Waals surface area contributed by atoms with Crippen LogP contribution < -0.4 is 4.90 Å². The monoisotopic (exact) mass is 738 g/mol. The third kappa shape index (κ3) is 12.0. The molecular weight excluding hydrogens is 676 g/mol. The first kappa shape index (κ1) is 42.3. The summed E-state index contributed by atoms with van der Waals surface area (Å²) < 4.78 is 31.4. The minimum atomic E-state index is -0.874. The fraction of sp³-hybridized carbons (Fsp3) is 0.659. The van der Waals surface area contributed by atoms with Gasteiger partial charge in [0.2, 0.25) is 0 Å². The fourth-order valence-corrected chi connectivity index (χ4v) is 7.36. The first-order valence-electron chi connectivity index (χ1n) is 19.1. The number of carbonyl (C=O) groups excluding carboxylic acids is 2. The van der Waals surface area contributed by atoms with Crippen LogP contribution in [-0.2, 0) is 39.8 Å². The highest BCUT2D eigenvalue weighted by molar-refractivity contribution is 5.91. The van der Waals surface area contributed by atoms with Gasteiger partial charge < -0.3 is 33.7 Å².